The van der Waals surface area contributed by atoms with E-state index in [2.05, 4.69) is 15.9 Å². The van der Waals surface area contributed by atoms with Crippen LogP contribution in [-0.4, -0.2) is 5.11 Å². The molecule has 4 heteroatoms. The highest BCUT2D eigenvalue weighted by Gasteiger charge is 2.04. The third kappa shape index (κ3) is 1.41. The summed E-state index contributed by atoms with van der Waals surface area (Å²) in [7, 11) is 0. The van der Waals surface area contributed by atoms with Crippen molar-refractivity contribution in [1.82, 2.24) is 0 Å². The summed E-state index contributed by atoms with van der Waals surface area (Å²) >= 11 is 8.44. The zero-order chi connectivity index (χ0) is 7.72. The molecule has 1 nitrogen and oxygen atoms in total. The number of aromatic hydroxyl groups is 1. The molecule has 1 N–H and O–H groups in total. The van der Waals surface area contributed by atoms with E-state index in [1.807, 2.05) is 0 Å². The molecule has 0 heterocycles. The molecular weight excluding hydrogens is 222 g/mol. The SMILES string of the molecule is Oc1cc(F)cc(Cl)c1Br. The first-order valence-electron chi connectivity index (χ1n) is 2.45. The molecule has 1 aromatic rings. The zero-order valence-electron chi connectivity index (χ0n) is 4.74. The van der Waals surface area contributed by atoms with Gasteiger partial charge >= 0.3 is 0 Å². The Morgan fingerprint density at radius 2 is 2.10 bits per heavy atom. The van der Waals surface area contributed by atoms with Gasteiger partial charge in [0.25, 0.3) is 0 Å². The summed E-state index contributed by atoms with van der Waals surface area (Å²) in [5.41, 5.74) is 0. The highest BCUT2D eigenvalue weighted by atomic mass is 79.9. The van der Waals surface area contributed by atoms with Crippen molar-refractivity contribution in [3.05, 3.63) is 27.4 Å². The van der Waals surface area contributed by atoms with Gasteiger partial charge in [-0.2, -0.15) is 0 Å². The van der Waals surface area contributed by atoms with Crippen LogP contribution in [0.5, 0.6) is 5.75 Å². The summed E-state index contributed by atoms with van der Waals surface area (Å²) in [5, 5.41) is 9.07. The molecule has 0 saturated heterocycles. The molecule has 0 aliphatic heterocycles. The van der Waals surface area contributed by atoms with Crippen molar-refractivity contribution in [3.8, 4) is 5.75 Å². The van der Waals surface area contributed by atoms with E-state index >= 15 is 0 Å². The van der Waals surface area contributed by atoms with Crippen molar-refractivity contribution in [2.24, 2.45) is 0 Å². The molecule has 0 aromatic heterocycles. The molecule has 0 atom stereocenters. The Kier molecular flexibility index (Phi) is 2.16. The van der Waals surface area contributed by atoms with E-state index in [0.29, 0.717) is 4.47 Å². The average Bonchev–Trinajstić information content (AvgIpc) is 1.82. The molecular formula is C6H3BrClFO. The maximum absolute atomic E-state index is 12.3. The van der Waals surface area contributed by atoms with Crippen LogP contribution < -0.4 is 0 Å². The van der Waals surface area contributed by atoms with Crippen molar-refractivity contribution in [1.29, 1.82) is 0 Å². The van der Waals surface area contributed by atoms with E-state index in [-0.39, 0.29) is 10.8 Å². The second-order valence-corrected chi connectivity index (χ2v) is 2.92. The fraction of sp³-hybridized carbons (Fsp3) is 0. The molecule has 0 radical (unpaired) electrons. The fourth-order valence-electron chi connectivity index (χ4n) is 0.542. The molecule has 0 aliphatic rings. The van der Waals surface area contributed by atoms with E-state index < -0.39 is 5.82 Å². The highest BCUT2D eigenvalue weighted by Crippen LogP contribution is 2.31. The Labute approximate surface area is 70.6 Å². The first-order valence-corrected chi connectivity index (χ1v) is 3.62. The van der Waals surface area contributed by atoms with Gasteiger partial charge in [-0.05, 0) is 22.0 Å². The molecule has 0 amide bonds. The van der Waals surface area contributed by atoms with Crippen LogP contribution in [0, 0.1) is 5.82 Å². The Morgan fingerprint density at radius 1 is 1.50 bits per heavy atom. The van der Waals surface area contributed by atoms with Gasteiger partial charge in [-0.3, -0.25) is 0 Å². The first-order chi connectivity index (χ1) is 4.61. The fourth-order valence-corrected chi connectivity index (χ4v) is 0.972. The summed E-state index contributed by atoms with van der Waals surface area (Å²) in [6.45, 7) is 0. The van der Waals surface area contributed by atoms with E-state index in [9.17, 15) is 4.39 Å². The van der Waals surface area contributed by atoms with Crippen LogP contribution in [0.3, 0.4) is 0 Å². The van der Waals surface area contributed by atoms with E-state index in [4.69, 9.17) is 16.7 Å². The van der Waals surface area contributed by atoms with Crippen LogP contribution >= 0.6 is 27.5 Å². The standard InChI is InChI=1S/C6H3BrClFO/c7-6-4(8)1-3(9)2-5(6)10/h1-2,10H. The minimum absolute atomic E-state index is 0.164. The minimum Gasteiger partial charge on any atom is -0.507 e. The van der Waals surface area contributed by atoms with Crippen LogP contribution in [0.1, 0.15) is 0 Å². The van der Waals surface area contributed by atoms with Crippen molar-refractivity contribution in [3.63, 3.8) is 0 Å². The molecule has 54 valence electrons. The second kappa shape index (κ2) is 2.76. The van der Waals surface area contributed by atoms with Crippen LogP contribution in [0.2, 0.25) is 5.02 Å². The van der Waals surface area contributed by atoms with Crippen LogP contribution in [0.25, 0.3) is 0 Å². The average molecular weight is 225 g/mol. The van der Waals surface area contributed by atoms with E-state index in [1.54, 1.807) is 0 Å². The van der Waals surface area contributed by atoms with Gasteiger partial charge in [0, 0.05) is 6.07 Å². The topological polar surface area (TPSA) is 20.2 Å². The smallest absolute Gasteiger partial charge is 0.134 e. The van der Waals surface area contributed by atoms with Gasteiger partial charge in [0.1, 0.15) is 11.6 Å². The van der Waals surface area contributed by atoms with E-state index in [0.717, 1.165) is 12.1 Å². The van der Waals surface area contributed by atoms with Gasteiger partial charge in [0.2, 0.25) is 0 Å². The largest absolute Gasteiger partial charge is 0.507 e. The van der Waals surface area contributed by atoms with Gasteiger partial charge < -0.3 is 5.11 Å². The molecule has 1 rings (SSSR count). The lowest BCUT2D eigenvalue weighted by Gasteiger charge is -1.97. The van der Waals surface area contributed by atoms with Crippen LogP contribution in [0.4, 0.5) is 4.39 Å². The van der Waals surface area contributed by atoms with Crippen molar-refractivity contribution in [2.75, 3.05) is 0 Å². The van der Waals surface area contributed by atoms with Gasteiger partial charge in [-0.25, -0.2) is 4.39 Å². The van der Waals surface area contributed by atoms with Crippen molar-refractivity contribution in [2.45, 2.75) is 0 Å². The normalized spacial score (nSPS) is 9.90. The van der Waals surface area contributed by atoms with Crippen molar-refractivity contribution >= 4 is 27.5 Å². The van der Waals surface area contributed by atoms with Gasteiger partial charge in [-0.15, -0.1) is 0 Å². The summed E-state index contributed by atoms with van der Waals surface area (Å²) in [5.74, 6) is -0.740. The lowest BCUT2D eigenvalue weighted by atomic mass is 10.3. The number of halogens is 3. The predicted molar refractivity (Wildman–Crippen MR) is 40.8 cm³/mol. The minimum atomic E-state index is -0.550. The zero-order valence-corrected chi connectivity index (χ0v) is 7.08. The maximum atomic E-state index is 12.3. The van der Waals surface area contributed by atoms with Gasteiger partial charge in [0.05, 0.1) is 9.50 Å². The summed E-state index contributed by atoms with van der Waals surface area (Å²) in [6, 6.07) is 2.10. The predicted octanol–water partition coefficient (Wildman–Crippen LogP) is 2.95. The summed E-state index contributed by atoms with van der Waals surface area (Å²) < 4.78 is 12.7. The molecule has 0 fully saturated rings. The monoisotopic (exact) mass is 224 g/mol. The third-order valence-corrected chi connectivity index (χ3v) is 2.33. The molecule has 0 aliphatic carbocycles. The number of benzene rings is 1. The Hall–Kier alpha value is -0.280. The highest BCUT2D eigenvalue weighted by molar-refractivity contribution is 9.10. The Morgan fingerprint density at radius 3 is 2.60 bits per heavy atom. The Balaban J connectivity index is 3.31. The molecule has 0 spiro atoms. The molecule has 0 saturated carbocycles. The van der Waals surface area contributed by atoms with E-state index in [1.165, 1.54) is 0 Å². The second-order valence-electron chi connectivity index (χ2n) is 1.72. The number of rotatable bonds is 0. The third-order valence-electron chi connectivity index (χ3n) is 0.974. The quantitative estimate of drug-likeness (QED) is 0.673. The van der Waals surface area contributed by atoms with Crippen LogP contribution in [-0.2, 0) is 0 Å². The maximum Gasteiger partial charge on any atom is 0.134 e. The number of hydrogen-bond donors (Lipinski definition) is 1. The lowest BCUT2D eigenvalue weighted by molar-refractivity contribution is 0.466. The number of phenols is 1. The molecule has 0 bridgehead atoms. The lowest BCUT2D eigenvalue weighted by Crippen LogP contribution is -1.75. The number of hydrogen-bond acceptors (Lipinski definition) is 1. The Bertz CT molecular complexity index is 241. The van der Waals surface area contributed by atoms with Crippen LogP contribution in [0.15, 0.2) is 16.6 Å². The number of phenolic OH excluding ortho intramolecular Hbond substituents is 1. The summed E-state index contributed by atoms with van der Waals surface area (Å²) in [4.78, 5) is 0. The van der Waals surface area contributed by atoms with Crippen molar-refractivity contribution < 1.29 is 9.50 Å². The van der Waals surface area contributed by atoms with Gasteiger partial charge in [-0.1, -0.05) is 11.6 Å². The molecule has 0 unspecified atom stereocenters. The van der Waals surface area contributed by atoms with Gasteiger partial charge in [0.15, 0.2) is 0 Å². The molecule has 1 aromatic carbocycles. The molecule has 10 heavy (non-hydrogen) atoms. The summed E-state index contributed by atoms with van der Waals surface area (Å²) in [6.07, 6.45) is 0. The first kappa shape index (κ1) is 7.82.